The van der Waals surface area contributed by atoms with E-state index in [0.29, 0.717) is 10.6 Å². The molecule has 0 aliphatic heterocycles. The van der Waals surface area contributed by atoms with Gasteiger partial charge < -0.3 is 24.3 Å². The minimum absolute atomic E-state index is 0.0141. The standard InChI is InChI=1S/C26H27ClN2O8S/c1-16-6-11-21(34-2)24(12-16)38(32,33)29(18-9-7-17(27)8-10-18)15-25(30)28-20-14-23(36-4)22(35-3)13-19(20)26(31)37-5/h6-14H,15H2,1-5H3,(H,28,30). The number of nitrogens with zero attached hydrogens (tertiary/aromatic N) is 1. The molecule has 0 aliphatic carbocycles. The van der Waals surface area contributed by atoms with Gasteiger partial charge >= 0.3 is 5.97 Å². The molecule has 0 atom stereocenters. The van der Waals surface area contributed by atoms with Gasteiger partial charge in [0.15, 0.2) is 11.5 Å². The molecule has 0 radical (unpaired) electrons. The number of amides is 1. The Labute approximate surface area is 226 Å². The van der Waals surface area contributed by atoms with Gasteiger partial charge in [0.25, 0.3) is 10.0 Å². The van der Waals surface area contributed by atoms with Crippen LogP contribution in [0.2, 0.25) is 5.02 Å². The fourth-order valence-electron chi connectivity index (χ4n) is 3.61. The Balaban J connectivity index is 2.07. The number of hydrogen-bond donors (Lipinski definition) is 1. The van der Waals surface area contributed by atoms with Crippen LogP contribution < -0.4 is 23.8 Å². The topological polar surface area (TPSA) is 120 Å². The number of sulfonamides is 1. The normalized spacial score (nSPS) is 10.9. The number of aryl methyl sites for hydroxylation is 1. The van der Waals surface area contributed by atoms with E-state index < -0.39 is 28.4 Å². The zero-order valence-electron chi connectivity index (χ0n) is 21.4. The van der Waals surface area contributed by atoms with Crippen LogP contribution in [0.25, 0.3) is 0 Å². The number of esters is 1. The summed E-state index contributed by atoms with van der Waals surface area (Å²) in [5.74, 6) is -0.895. The molecule has 0 aliphatic rings. The maximum absolute atomic E-state index is 13.9. The summed E-state index contributed by atoms with van der Waals surface area (Å²) in [5.41, 5.74) is 0.896. The van der Waals surface area contributed by atoms with Crippen LogP contribution in [0.3, 0.4) is 0 Å². The first kappa shape index (κ1) is 28.6. The second-order valence-corrected chi connectivity index (χ2v) is 10.2. The number of methoxy groups -OCH3 is 4. The molecule has 3 aromatic carbocycles. The first-order chi connectivity index (χ1) is 18.0. The van der Waals surface area contributed by atoms with E-state index >= 15 is 0 Å². The lowest BCUT2D eigenvalue weighted by Crippen LogP contribution is -2.38. The molecule has 10 nitrogen and oxygen atoms in total. The molecule has 0 aromatic heterocycles. The van der Waals surface area contributed by atoms with Crippen molar-refractivity contribution in [3.8, 4) is 17.2 Å². The Bertz CT molecular complexity index is 1440. The van der Waals surface area contributed by atoms with Crippen LogP contribution in [0, 0.1) is 6.92 Å². The zero-order chi connectivity index (χ0) is 28.0. The number of rotatable bonds is 10. The van der Waals surface area contributed by atoms with E-state index in [1.165, 1.54) is 77.0 Å². The molecule has 0 saturated carbocycles. The monoisotopic (exact) mass is 562 g/mol. The summed E-state index contributed by atoms with van der Waals surface area (Å²) in [6, 6.07) is 13.4. The van der Waals surface area contributed by atoms with Crippen molar-refractivity contribution in [2.24, 2.45) is 0 Å². The second-order valence-electron chi connectivity index (χ2n) is 7.93. The number of hydrogen-bond acceptors (Lipinski definition) is 8. The van der Waals surface area contributed by atoms with Gasteiger partial charge in [-0.3, -0.25) is 9.10 Å². The summed E-state index contributed by atoms with van der Waals surface area (Å²) < 4.78 is 49.3. The van der Waals surface area contributed by atoms with E-state index in [2.05, 4.69) is 5.32 Å². The van der Waals surface area contributed by atoms with Crippen molar-refractivity contribution >= 4 is 44.9 Å². The van der Waals surface area contributed by atoms with Crippen molar-refractivity contribution in [2.75, 3.05) is 44.6 Å². The van der Waals surface area contributed by atoms with Crippen molar-refractivity contribution in [1.82, 2.24) is 0 Å². The molecule has 0 spiro atoms. The minimum atomic E-state index is -4.31. The highest BCUT2D eigenvalue weighted by atomic mass is 35.5. The number of benzene rings is 3. The van der Waals surface area contributed by atoms with E-state index in [0.717, 1.165) is 4.31 Å². The molecule has 202 valence electrons. The summed E-state index contributed by atoms with van der Waals surface area (Å²) in [7, 11) is 1.03. The minimum Gasteiger partial charge on any atom is -0.495 e. The van der Waals surface area contributed by atoms with Gasteiger partial charge in [-0.15, -0.1) is 0 Å². The summed E-state index contributed by atoms with van der Waals surface area (Å²) in [6.07, 6.45) is 0. The first-order valence-electron chi connectivity index (χ1n) is 11.1. The van der Waals surface area contributed by atoms with E-state index in [1.807, 2.05) is 0 Å². The van der Waals surface area contributed by atoms with Crippen LogP contribution in [0.15, 0.2) is 59.5 Å². The number of nitrogens with one attached hydrogen (secondary N) is 1. The molecular weight excluding hydrogens is 536 g/mol. The van der Waals surface area contributed by atoms with Crippen LogP contribution in [-0.4, -0.2) is 55.3 Å². The Kier molecular flexibility index (Phi) is 9.08. The van der Waals surface area contributed by atoms with Gasteiger partial charge in [0.1, 0.15) is 17.2 Å². The third-order valence-electron chi connectivity index (χ3n) is 5.49. The van der Waals surface area contributed by atoms with Gasteiger partial charge in [0, 0.05) is 17.2 Å². The Morgan fingerprint density at radius 3 is 2.05 bits per heavy atom. The number of anilines is 2. The van der Waals surface area contributed by atoms with E-state index in [1.54, 1.807) is 13.0 Å². The van der Waals surface area contributed by atoms with Gasteiger partial charge in [-0.25, -0.2) is 13.2 Å². The molecule has 3 aromatic rings. The fourth-order valence-corrected chi connectivity index (χ4v) is 5.40. The van der Waals surface area contributed by atoms with Crippen LogP contribution in [-0.2, 0) is 19.6 Å². The van der Waals surface area contributed by atoms with Gasteiger partial charge in [0.05, 0.1) is 45.4 Å². The molecule has 1 N–H and O–H groups in total. The second kappa shape index (κ2) is 12.1. The molecule has 0 heterocycles. The van der Waals surface area contributed by atoms with Gasteiger partial charge in [0.2, 0.25) is 5.91 Å². The molecule has 0 saturated heterocycles. The number of carbonyl (C=O) groups excluding carboxylic acids is 2. The maximum atomic E-state index is 13.9. The van der Waals surface area contributed by atoms with Gasteiger partial charge in [-0.2, -0.15) is 0 Å². The van der Waals surface area contributed by atoms with Crippen LogP contribution in [0.1, 0.15) is 15.9 Å². The van der Waals surface area contributed by atoms with Gasteiger partial charge in [-0.05, 0) is 48.9 Å². The number of halogens is 1. The first-order valence-corrected chi connectivity index (χ1v) is 12.9. The lowest BCUT2D eigenvalue weighted by molar-refractivity contribution is -0.114. The molecule has 0 bridgehead atoms. The highest BCUT2D eigenvalue weighted by Gasteiger charge is 2.31. The largest absolute Gasteiger partial charge is 0.495 e. The Morgan fingerprint density at radius 1 is 0.868 bits per heavy atom. The van der Waals surface area contributed by atoms with E-state index in [-0.39, 0.29) is 39.1 Å². The Morgan fingerprint density at radius 2 is 1.47 bits per heavy atom. The zero-order valence-corrected chi connectivity index (χ0v) is 23.0. The lowest BCUT2D eigenvalue weighted by Gasteiger charge is -2.25. The van der Waals surface area contributed by atoms with Crippen LogP contribution in [0.5, 0.6) is 17.2 Å². The fraction of sp³-hybridized carbons (Fsp3) is 0.231. The molecule has 3 rings (SSSR count). The summed E-state index contributed by atoms with van der Waals surface area (Å²) >= 11 is 6.01. The highest BCUT2D eigenvalue weighted by molar-refractivity contribution is 7.93. The predicted octanol–water partition coefficient (Wildman–Crippen LogP) is 4.29. The molecule has 0 fully saturated rings. The lowest BCUT2D eigenvalue weighted by atomic mass is 10.1. The summed E-state index contributed by atoms with van der Waals surface area (Å²) in [4.78, 5) is 25.6. The number of carbonyl (C=O) groups is 2. The average molecular weight is 563 g/mol. The van der Waals surface area contributed by atoms with Crippen molar-refractivity contribution in [1.29, 1.82) is 0 Å². The molecule has 38 heavy (non-hydrogen) atoms. The molecule has 1 amide bonds. The Hall–Kier alpha value is -3.96. The van der Waals surface area contributed by atoms with Crippen LogP contribution in [0.4, 0.5) is 11.4 Å². The maximum Gasteiger partial charge on any atom is 0.340 e. The van der Waals surface area contributed by atoms with Crippen molar-refractivity contribution < 1.29 is 37.0 Å². The van der Waals surface area contributed by atoms with E-state index in [9.17, 15) is 18.0 Å². The molecule has 0 unspecified atom stereocenters. The molecular formula is C26H27ClN2O8S. The smallest absolute Gasteiger partial charge is 0.340 e. The van der Waals surface area contributed by atoms with Crippen molar-refractivity contribution in [3.63, 3.8) is 0 Å². The quantitative estimate of drug-likeness (QED) is 0.363. The predicted molar refractivity (Wildman–Crippen MR) is 143 cm³/mol. The highest BCUT2D eigenvalue weighted by Crippen LogP contribution is 2.35. The van der Waals surface area contributed by atoms with Gasteiger partial charge in [-0.1, -0.05) is 17.7 Å². The summed E-state index contributed by atoms with van der Waals surface area (Å²) in [5, 5.41) is 2.97. The van der Waals surface area contributed by atoms with Crippen molar-refractivity contribution in [3.05, 3.63) is 70.7 Å². The average Bonchev–Trinajstić information content (AvgIpc) is 2.91. The third kappa shape index (κ3) is 6.12. The number of ether oxygens (including phenoxy) is 4. The van der Waals surface area contributed by atoms with Crippen molar-refractivity contribution in [2.45, 2.75) is 11.8 Å². The summed E-state index contributed by atoms with van der Waals surface area (Å²) in [6.45, 7) is 1.10. The SMILES string of the molecule is COC(=O)c1cc(OC)c(OC)cc1NC(=O)CN(c1ccc(Cl)cc1)S(=O)(=O)c1cc(C)ccc1OC. The van der Waals surface area contributed by atoms with E-state index in [4.69, 9.17) is 30.5 Å². The molecule has 12 heteroatoms. The third-order valence-corrected chi connectivity index (χ3v) is 7.54. The van der Waals surface area contributed by atoms with Crippen LogP contribution >= 0.6 is 11.6 Å².